The highest BCUT2D eigenvalue weighted by molar-refractivity contribution is 5.90. The maximum absolute atomic E-state index is 12.2. The minimum absolute atomic E-state index is 0.0212. The van der Waals surface area contributed by atoms with Crippen LogP contribution < -0.4 is 16.0 Å². The summed E-state index contributed by atoms with van der Waals surface area (Å²) in [6, 6.07) is -4.27. The number of carboxylic acids is 2. The molecular weight excluding hydrogens is 462 g/mol. The Balaban J connectivity index is 5.11. The maximum Gasteiger partial charge on any atom is 0.326 e. The molecule has 0 saturated heterocycles. The van der Waals surface area contributed by atoms with Crippen LogP contribution in [0.25, 0.3) is 0 Å². The highest BCUT2D eigenvalue weighted by atomic mass is 16.5. The molecule has 0 unspecified atom stereocenters. The lowest BCUT2D eigenvalue weighted by molar-refractivity contribution is -0.147. The molecule has 3 amide bonds. The van der Waals surface area contributed by atoms with Crippen molar-refractivity contribution in [2.45, 2.75) is 69.5 Å². The number of carbonyl (C=O) groups excluding carboxylic acids is 4. The van der Waals surface area contributed by atoms with Gasteiger partial charge in [0, 0.05) is 12.8 Å². The number of ether oxygens (including phenoxy) is 1. The van der Waals surface area contributed by atoms with E-state index in [1.54, 1.807) is 0 Å². The molecule has 15 heteroatoms. The molecule has 0 aliphatic heterocycles. The van der Waals surface area contributed by atoms with Crippen LogP contribution in [-0.2, 0) is 33.5 Å². The summed E-state index contributed by atoms with van der Waals surface area (Å²) in [6.45, 7) is 0.930. The number of carbonyl (C=O) groups is 6. The summed E-state index contributed by atoms with van der Waals surface area (Å²) in [5.41, 5.74) is 0. The van der Waals surface area contributed by atoms with E-state index in [4.69, 9.17) is 20.1 Å². The summed E-state index contributed by atoms with van der Waals surface area (Å²) in [5.74, 6) is -5.20. The fourth-order valence-electron chi connectivity index (χ4n) is 2.57. The van der Waals surface area contributed by atoms with Gasteiger partial charge < -0.3 is 51.0 Å². The molecule has 0 heterocycles. The van der Waals surface area contributed by atoms with Gasteiger partial charge in [-0.3, -0.25) is 19.2 Å². The molecule has 194 valence electrons. The van der Waals surface area contributed by atoms with Gasteiger partial charge in [0.15, 0.2) is 0 Å². The smallest absolute Gasteiger partial charge is 0.326 e. The minimum Gasteiger partial charge on any atom is -0.481 e. The minimum atomic E-state index is -1.88. The van der Waals surface area contributed by atoms with Gasteiger partial charge in [0.25, 0.3) is 0 Å². The number of hydrogen-bond donors (Lipinski definition) is 8. The van der Waals surface area contributed by atoms with Crippen molar-refractivity contribution in [2.75, 3.05) is 13.2 Å². The first kappa shape index (κ1) is 30.9. The van der Waals surface area contributed by atoms with Crippen molar-refractivity contribution in [3.8, 4) is 0 Å². The largest absolute Gasteiger partial charge is 0.481 e. The molecule has 34 heavy (non-hydrogen) atoms. The number of amides is 3. The van der Waals surface area contributed by atoms with Crippen molar-refractivity contribution in [3.63, 3.8) is 0 Å². The Morgan fingerprint density at radius 3 is 2.09 bits per heavy atom. The second-order valence-corrected chi connectivity index (χ2v) is 7.22. The van der Waals surface area contributed by atoms with Gasteiger partial charge in [0.2, 0.25) is 17.7 Å². The molecule has 0 bridgehead atoms. The number of aliphatic hydroxyl groups excluding tert-OH is 3. The van der Waals surface area contributed by atoms with Crippen molar-refractivity contribution in [2.24, 2.45) is 0 Å². The van der Waals surface area contributed by atoms with Crippen LogP contribution in [0.5, 0.6) is 0 Å². The number of nitrogens with one attached hydrogen (secondary N) is 3. The van der Waals surface area contributed by atoms with Crippen LogP contribution in [0.4, 0.5) is 0 Å². The standard InChI is InChI=1S/C19H31N3O12/c1-3-13(26)21-11(6-23)17(16(30)12(25)7-24)34-8-14(27)20-9(2)18(31)22-10(19(32)33)4-5-15(28)29/h6,9-12,16-17,24-25,30H,3-5,7-8H2,1-2H3,(H,20,27)(H,21,26)(H,22,31)(H,28,29)(H,32,33)/t9-,10+,11-,12+,16+,17+/m0/s1. The summed E-state index contributed by atoms with van der Waals surface area (Å²) in [4.78, 5) is 69.1. The van der Waals surface area contributed by atoms with Crippen molar-refractivity contribution in [1.29, 1.82) is 0 Å². The predicted molar refractivity (Wildman–Crippen MR) is 111 cm³/mol. The van der Waals surface area contributed by atoms with Crippen LogP contribution in [0.1, 0.15) is 33.1 Å². The second-order valence-electron chi connectivity index (χ2n) is 7.22. The van der Waals surface area contributed by atoms with E-state index >= 15 is 0 Å². The highest BCUT2D eigenvalue weighted by Crippen LogP contribution is 2.10. The van der Waals surface area contributed by atoms with E-state index < -0.39 is 85.7 Å². The van der Waals surface area contributed by atoms with E-state index in [2.05, 4.69) is 16.0 Å². The van der Waals surface area contributed by atoms with Crippen LogP contribution in [0, 0.1) is 0 Å². The number of carboxylic acid groups (broad SMARTS) is 2. The first-order chi connectivity index (χ1) is 15.9. The Bertz CT molecular complexity index is 731. The lowest BCUT2D eigenvalue weighted by Crippen LogP contribution is -2.56. The molecule has 15 nitrogen and oxygen atoms in total. The summed E-state index contributed by atoms with van der Waals surface area (Å²) in [5, 5.41) is 53.1. The average molecular weight is 493 g/mol. The van der Waals surface area contributed by atoms with Gasteiger partial charge in [0.05, 0.1) is 6.61 Å². The molecular formula is C19H31N3O12. The van der Waals surface area contributed by atoms with Gasteiger partial charge in [-0.15, -0.1) is 0 Å². The average Bonchev–Trinajstić information content (AvgIpc) is 2.79. The van der Waals surface area contributed by atoms with Crippen molar-refractivity contribution < 1.29 is 59.0 Å². The summed E-state index contributed by atoms with van der Waals surface area (Å²) in [6.07, 6.45) is -5.99. The molecule has 0 aliphatic carbocycles. The maximum atomic E-state index is 12.2. The van der Waals surface area contributed by atoms with Crippen LogP contribution in [0.15, 0.2) is 0 Å². The Morgan fingerprint density at radius 2 is 1.62 bits per heavy atom. The molecule has 0 fully saturated rings. The number of aliphatic hydroxyl groups is 3. The van der Waals surface area contributed by atoms with Crippen molar-refractivity contribution in [1.82, 2.24) is 16.0 Å². The van der Waals surface area contributed by atoms with Crippen LogP contribution in [0.3, 0.4) is 0 Å². The van der Waals surface area contributed by atoms with Gasteiger partial charge in [-0.2, -0.15) is 0 Å². The SMILES string of the molecule is CCC(=O)N[C@@H](C=O)[C@@H](OCC(=O)N[C@@H](C)C(=O)N[C@H](CCC(=O)O)C(=O)O)[C@H](O)[C@H](O)CO. The summed E-state index contributed by atoms with van der Waals surface area (Å²) < 4.78 is 5.18. The fourth-order valence-corrected chi connectivity index (χ4v) is 2.57. The van der Waals surface area contributed by atoms with E-state index in [-0.39, 0.29) is 19.1 Å². The fraction of sp³-hybridized carbons (Fsp3) is 0.684. The Labute approximate surface area is 194 Å². The Kier molecular flexibility index (Phi) is 14.2. The summed E-state index contributed by atoms with van der Waals surface area (Å²) in [7, 11) is 0. The van der Waals surface area contributed by atoms with Gasteiger partial charge in [-0.05, 0) is 13.3 Å². The highest BCUT2D eigenvalue weighted by Gasteiger charge is 2.35. The zero-order valence-electron chi connectivity index (χ0n) is 18.7. The molecule has 6 atom stereocenters. The van der Waals surface area contributed by atoms with Crippen LogP contribution in [-0.4, -0.2) is 111 Å². The van der Waals surface area contributed by atoms with Gasteiger partial charge in [0.1, 0.15) is 49.3 Å². The number of aliphatic carboxylic acids is 2. The van der Waals surface area contributed by atoms with Gasteiger partial charge in [-0.25, -0.2) is 4.79 Å². The zero-order valence-corrected chi connectivity index (χ0v) is 18.7. The molecule has 8 N–H and O–H groups in total. The number of hydrogen-bond acceptors (Lipinski definition) is 10. The molecule has 0 spiro atoms. The van der Waals surface area contributed by atoms with E-state index in [1.165, 1.54) is 13.8 Å². The molecule has 0 aromatic rings. The molecule has 0 radical (unpaired) electrons. The Hall–Kier alpha value is -3.14. The molecule has 0 aliphatic rings. The zero-order chi connectivity index (χ0) is 26.4. The van der Waals surface area contributed by atoms with Crippen LogP contribution in [0.2, 0.25) is 0 Å². The lowest BCUT2D eigenvalue weighted by Gasteiger charge is -2.30. The quantitative estimate of drug-likeness (QED) is 0.0906. The topological polar surface area (TPSA) is 249 Å². The first-order valence-corrected chi connectivity index (χ1v) is 10.2. The van der Waals surface area contributed by atoms with Gasteiger partial charge >= 0.3 is 11.9 Å². The van der Waals surface area contributed by atoms with E-state index in [1.807, 2.05) is 0 Å². The first-order valence-electron chi connectivity index (χ1n) is 10.2. The second kappa shape index (κ2) is 15.7. The Morgan fingerprint density at radius 1 is 1.00 bits per heavy atom. The van der Waals surface area contributed by atoms with E-state index in [0.29, 0.717) is 0 Å². The van der Waals surface area contributed by atoms with E-state index in [9.17, 15) is 39.0 Å². The molecule has 0 rings (SSSR count). The van der Waals surface area contributed by atoms with Crippen molar-refractivity contribution in [3.05, 3.63) is 0 Å². The lowest BCUT2D eigenvalue weighted by atomic mass is 10.0. The van der Waals surface area contributed by atoms with Crippen molar-refractivity contribution >= 4 is 35.9 Å². The molecule has 0 aromatic heterocycles. The normalized spacial score (nSPS) is 16.1. The van der Waals surface area contributed by atoms with Crippen LogP contribution >= 0.6 is 0 Å². The molecule has 0 saturated carbocycles. The number of rotatable bonds is 17. The third kappa shape index (κ3) is 11.1. The third-order valence-corrected chi connectivity index (χ3v) is 4.51. The van der Waals surface area contributed by atoms with E-state index in [0.717, 1.165) is 0 Å². The summed E-state index contributed by atoms with van der Waals surface area (Å²) >= 11 is 0. The molecule has 0 aromatic carbocycles. The number of aldehydes is 1. The van der Waals surface area contributed by atoms with Gasteiger partial charge in [-0.1, -0.05) is 6.92 Å². The third-order valence-electron chi connectivity index (χ3n) is 4.51. The monoisotopic (exact) mass is 493 g/mol. The predicted octanol–water partition coefficient (Wildman–Crippen LogP) is -3.88.